The molecule has 1 aliphatic carbocycles. The number of allylic oxidation sites excluding steroid dienone is 4. The van der Waals surface area contributed by atoms with E-state index in [2.05, 4.69) is 51.1 Å². The van der Waals surface area contributed by atoms with Gasteiger partial charge in [-0.1, -0.05) is 75.1 Å². The zero-order valence-electron chi connectivity index (χ0n) is 14.0. The monoisotopic (exact) mass is 282 g/mol. The molecule has 0 aromatic heterocycles. The van der Waals surface area contributed by atoms with E-state index < -0.39 is 0 Å². The highest BCUT2D eigenvalue weighted by Crippen LogP contribution is 2.37. The standard InChI is InChI=1S/C21H30/c1-4-7-9-18-15-20(10-8-5-2)21(16-18)19-13-11-17(6-3)12-14-19/h11-14,16H,4-10,15H2,1-3H3. The van der Waals surface area contributed by atoms with E-state index in [1.165, 1.54) is 61.6 Å². The van der Waals surface area contributed by atoms with E-state index in [0.29, 0.717) is 0 Å². The molecule has 0 radical (unpaired) electrons. The van der Waals surface area contributed by atoms with Gasteiger partial charge in [0.1, 0.15) is 0 Å². The van der Waals surface area contributed by atoms with Crippen molar-refractivity contribution in [2.75, 3.05) is 0 Å². The van der Waals surface area contributed by atoms with Crippen molar-refractivity contribution in [3.05, 3.63) is 52.6 Å². The molecule has 114 valence electrons. The first-order valence-corrected chi connectivity index (χ1v) is 8.79. The molecule has 0 atom stereocenters. The average Bonchev–Trinajstić information content (AvgIpc) is 2.94. The lowest BCUT2D eigenvalue weighted by atomic mass is 9.97. The van der Waals surface area contributed by atoms with Gasteiger partial charge >= 0.3 is 0 Å². The highest BCUT2D eigenvalue weighted by Gasteiger charge is 2.16. The minimum atomic E-state index is 1.12. The van der Waals surface area contributed by atoms with E-state index in [1.807, 2.05) is 0 Å². The predicted molar refractivity (Wildman–Crippen MR) is 94.5 cm³/mol. The molecule has 0 heterocycles. The Morgan fingerprint density at radius 3 is 2.14 bits per heavy atom. The van der Waals surface area contributed by atoms with E-state index in [9.17, 15) is 0 Å². The maximum atomic E-state index is 2.49. The summed E-state index contributed by atoms with van der Waals surface area (Å²) in [5, 5.41) is 0. The third-order valence-electron chi connectivity index (χ3n) is 4.53. The van der Waals surface area contributed by atoms with Gasteiger partial charge in [-0.05, 0) is 55.2 Å². The van der Waals surface area contributed by atoms with Gasteiger partial charge in [0.15, 0.2) is 0 Å². The molecule has 0 N–H and O–H groups in total. The lowest BCUT2D eigenvalue weighted by Gasteiger charge is -2.08. The molecular weight excluding hydrogens is 252 g/mol. The Kier molecular flexibility index (Phi) is 6.29. The van der Waals surface area contributed by atoms with Gasteiger partial charge < -0.3 is 0 Å². The number of rotatable bonds is 8. The Morgan fingerprint density at radius 1 is 0.857 bits per heavy atom. The zero-order valence-corrected chi connectivity index (χ0v) is 14.0. The smallest absolute Gasteiger partial charge is 0.00959 e. The number of benzene rings is 1. The Morgan fingerprint density at radius 2 is 1.52 bits per heavy atom. The zero-order chi connectivity index (χ0) is 15.1. The number of unbranched alkanes of at least 4 members (excludes halogenated alkanes) is 2. The first-order valence-electron chi connectivity index (χ1n) is 8.79. The van der Waals surface area contributed by atoms with Gasteiger partial charge in [-0.15, -0.1) is 0 Å². The molecule has 0 heteroatoms. The Bertz CT molecular complexity index is 499. The average molecular weight is 282 g/mol. The molecular formula is C21H30. The van der Waals surface area contributed by atoms with Crippen molar-refractivity contribution in [1.82, 2.24) is 0 Å². The van der Waals surface area contributed by atoms with Gasteiger partial charge in [0.05, 0.1) is 0 Å². The largest absolute Gasteiger partial charge is 0.0655 e. The third-order valence-corrected chi connectivity index (χ3v) is 4.53. The molecule has 0 saturated heterocycles. The molecule has 0 aliphatic heterocycles. The van der Waals surface area contributed by atoms with Crippen LogP contribution in [-0.2, 0) is 6.42 Å². The second-order valence-corrected chi connectivity index (χ2v) is 6.25. The first kappa shape index (κ1) is 16.1. The van der Waals surface area contributed by atoms with Crippen LogP contribution in [-0.4, -0.2) is 0 Å². The summed E-state index contributed by atoms with van der Waals surface area (Å²) in [4.78, 5) is 0. The fourth-order valence-corrected chi connectivity index (χ4v) is 3.11. The molecule has 0 spiro atoms. The lowest BCUT2D eigenvalue weighted by Crippen LogP contribution is -1.88. The van der Waals surface area contributed by atoms with Crippen molar-refractivity contribution >= 4 is 5.57 Å². The van der Waals surface area contributed by atoms with E-state index >= 15 is 0 Å². The molecule has 0 saturated carbocycles. The van der Waals surface area contributed by atoms with Crippen LogP contribution in [0, 0.1) is 0 Å². The summed E-state index contributed by atoms with van der Waals surface area (Å²) in [6, 6.07) is 9.22. The molecule has 2 rings (SSSR count). The van der Waals surface area contributed by atoms with Crippen molar-refractivity contribution in [3.8, 4) is 0 Å². The highest BCUT2D eigenvalue weighted by atomic mass is 14.2. The lowest BCUT2D eigenvalue weighted by molar-refractivity contribution is 0.746. The van der Waals surface area contributed by atoms with E-state index in [1.54, 1.807) is 11.1 Å². The Balaban J connectivity index is 2.20. The van der Waals surface area contributed by atoms with Crippen molar-refractivity contribution in [1.29, 1.82) is 0 Å². The van der Waals surface area contributed by atoms with E-state index in [0.717, 1.165) is 6.42 Å². The van der Waals surface area contributed by atoms with Crippen molar-refractivity contribution in [2.24, 2.45) is 0 Å². The van der Waals surface area contributed by atoms with Crippen molar-refractivity contribution in [3.63, 3.8) is 0 Å². The van der Waals surface area contributed by atoms with Gasteiger partial charge in [-0.25, -0.2) is 0 Å². The summed E-state index contributed by atoms with van der Waals surface area (Å²) in [6.45, 7) is 6.79. The van der Waals surface area contributed by atoms with Crippen molar-refractivity contribution < 1.29 is 0 Å². The summed E-state index contributed by atoms with van der Waals surface area (Å²) in [7, 11) is 0. The number of hydrogen-bond acceptors (Lipinski definition) is 0. The Labute approximate surface area is 131 Å². The SMILES string of the molecule is CCCCC1=CC(c2ccc(CC)cc2)=C(CCCC)C1. The second-order valence-electron chi connectivity index (χ2n) is 6.25. The summed E-state index contributed by atoms with van der Waals surface area (Å²) >= 11 is 0. The van der Waals surface area contributed by atoms with Crippen LogP contribution < -0.4 is 0 Å². The van der Waals surface area contributed by atoms with Crippen LogP contribution in [0.3, 0.4) is 0 Å². The fraction of sp³-hybridized carbons (Fsp3) is 0.524. The predicted octanol–water partition coefficient (Wildman–Crippen LogP) is 6.71. The van der Waals surface area contributed by atoms with Gasteiger partial charge in [0.2, 0.25) is 0 Å². The molecule has 1 aromatic rings. The van der Waals surface area contributed by atoms with Crippen LogP contribution in [0.15, 0.2) is 41.5 Å². The topological polar surface area (TPSA) is 0 Å². The minimum absolute atomic E-state index is 1.12. The number of aryl methyl sites for hydroxylation is 1. The normalized spacial score (nSPS) is 14.7. The summed E-state index contributed by atoms with van der Waals surface area (Å²) in [6.07, 6.45) is 12.6. The van der Waals surface area contributed by atoms with E-state index in [4.69, 9.17) is 0 Å². The van der Waals surface area contributed by atoms with Crippen molar-refractivity contribution in [2.45, 2.75) is 72.1 Å². The molecule has 21 heavy (non-hydrogen) atoms. The van der Waals surface area contributed by atoms with Gasteiger partial charge in [0, 0.05) is 0 Å². The van der Waals surface area contributed by atoms with Gasteiger partial charge in [-0.3, -0.25) is 0 Å². The summed E-state index contributed by atoms with van der Waals surface area (Å²) in [5.41, 5.74) is 7.70. The maximum absolute atomic E-state index is 2.49. The Hall–Kier alpha value is -1.30. The van der Waals surface area contributed by atoms with E-state index in [-0.39, 0.29) is 0 Å². The summed E-state index contributed by atoms with van der Waals surface area (Å²) in [5.74, 6) is 0. The van der Waals surface area contributed by atoms with Crippen LogP contribution in [0.2, 0.25) is 0 Å². The summed E-state index contributed by atoms with van der Waals surface area (Å²) < 4.78 is 0. The van der Waals surface area contributed by atoms with Crippen LogP contribution in [0.1, 0.15) is 76.8 Å². The molecule has 1 aliphatic rings. The third kappa shape index (κ3) is 4.33. The highest BCUT2D eigenvalue weighted by molar-refractivity contribution is 5.80. The maximum Gasteiger partial charge on any atom is -0.00959 e. The second kappa shape index (κ2) is 8.22. The molecule has 0 unspecified atom stereocenters. The van der Waals surface area contributed by atoms with Crippen LogP contribution in [0.25, 0.3) is 5.57 Å². The molecule has 0 fully saturated rings. The quantitative estimate of drug-likeness (QED) is 0.497. The molecule has 0 bridgehead atoms. The van der Waals surface area contributed by atoms with Crippen LogP contribution >= 0.6 is 0 Å². The number of hydrogen-bond donors (Lipinski definition) is 0. The van der Waals surface area contributed by atoms with Gasteiger partial charge in [0.25, 0.3) is 0 Å². The first-order chi connectivity index (χ1) is 10.3. The molecule has 0 nitrogen and oxygen atoms in total. The van der Waals surface area contributed by atoms with Crippen LogP contribution in [0.4, 0.5) is 0 Å². The fourth-order valence-electron chi connectivity index (χ4n) is 3.11. The van der Waals surface area contributed by atoms with Crippen LogP contribution in [0.5, 0.6) is 0 Å². The molecule has 0 amide bonds. The molecule has 1 aromatic carbocycles. The minimum Gasteiger partial charge on any atom is -0.0655 e. The van der Waals surface area contributed by atoms with Gasteiger partial charge in [-0.2, -0.15) is 0 Å².